The Bertz CT molecular complexity index is 735. The van der Waals surface area contributed by atoms with E-state index in [9.17, 15) is 13.2 Å². The Labute approximate surface area is 161 Å². The summed E-state index contributed by atoms with van der Waals surface area (Å²) in [5.41, 5.74) is 0.604. The van der Waals surface area contributed by atoms with E-state index in [2.05, 4.69) is 10.2 Å². The van der Waals surface area contributed by atoms with Gasteiger partial charge in [-0.3, -0.25) is 9.69 Å². The zero-order chi connectivity index (χ0) is 19.4. The molecule has 2 aliphatic rings. The van der Waals surface area contributed by atoms with Crippen LogP contribution in [-0.2, 0) is 19.6 Å². The topological polar surface area (TPSA) is 79.0 Å². The molecule has 1 amide bonds. The molecule has 0 aliphatic carbocycles. The van der Waals surface area contributed by atoms with Crippen LogP contribution in [0.15, 0.2) is 29.2 Å². The van der Waals surface area contributed by atoms with Crippen molar-refractivity contribution in [3.63, 3.8) is 0 Å². The Morgan fingerprint density at radius 1 is 1.07 bits per heavy atom. The van der Waals surface area contributed by atoms with E-state index < -0.39 is 10.0 Å². The molecule has 0 radical (unpaired) electrons. The van der Waals surface area contributed by atoms with Gasteiger partial charge in [0.05, 0.1) is 23.6 Å². The number of anilines is 1. The number of hydrogen-bond acceptors (Lipinski definition) is 5. The molecule has 2 heterocycles. The molecule has 2 fully saturated rings. The highest BCUT2D eigenvalue weighted by Gasteiger charge is 2.26. The predicted octanol–water partition coefficient (Wildman–Crippen LogP) is 1.91. The molecule has 0 spiro atoms. The lowest BCUT2D eigenvalue weighted by Gasteiger charge is -2.34. The molecule has 27 heavy (non-hydrogen) atoms. The van der Waals surface area contributed by atoms with E-state index in [1.54, 1.807) is 28.6 Å². The maximum Gasteiger partial charge on any atom is 0.243 e. The van der Waals surface area contributed by atoms with Crippen molar-refractivity contribution in [3.8, 4) is 0 Å². The Balaban J connectivity index is 1.58. The number of rotatable bonds is 5. The van der Waals surface area contributed by atoms with Crippen LogP contribution in [0, 0.1) is 0 Å². The zero-order valence-corrected chi connectivity index (χ0v) is 16.9. The van der Waals surface area contributed by atoms with Crippen LogP contribution in [0.4, 0.5) is 5.69 Å². The predicted molar refractivity (Wildman–Crippen MR) is 104 cm³/mol. The van der Waals surface area contributed by atoms with Crippen molar-refractivity contribution in [2.45, 2.75) is 50.2 Å². The lowest BCUT2D eigenvalue weighted by molar-refractivity contribution is -0.121. The van der Waals surface area contributed by atoms with Crippen LogP contribution >= 0.6 is 0 Å². The number of hydrogen-bond donors (Lipinski definition) is 1. The summed E-state index contributed by atoms with van der Waals surface area (Å²) in [6, 6.07) is 6.44. The van der Waals surface area contributed by atoms with Gasteiger partial charge < -0.3 is 10.1 Å². The van der Waals surface area contributed by atoms with Crippen LogP contribution in [0.5, 0.6) is 0 Å². The number of amides is 1. The molecule has 0 aromatic heterocycles. The second-order valence-electron chi connectivity index (χ2n) is 7.49. The van der Waals surface area contributed by atoms with Crippen LogP contribution in [0.25, 0.3) is 0 Å². The van der Waals surface area contributed by atoms with Gasteiger partial charge in [-0.05, 0) is 51.0 Å². The number of sulfonamides is 1. The van der Waals surface area contributed by atoms with Crippen molar-refractivity contribution in [3.05, 3.63) is 24.3 Å². The van der Waals surface area contributed by atoms with Crippen molar-refractivity contribution in [2.24, 2.45) is 0 Å². The third kappa shape index (κ3) is 5.28. The molecule has 2 saturated heterocycles. The standard InChI is InChI=1S/C19H29N3O4S/c1-15-12-21(13-16(2)26-15)14-19(23)20-17-6-8-18(9-7-17)27(24,25)22-10-4-3-5-11-22/h6-9,15-16H,3-5,10-14H2,1-2H3,(H,20,23)/t15-,16+. The number of piperidine rings is 1. The minimum atomic E-state index is -3.44. The molecular formula is C19H29N3O4S. The van der Waals surface area contributed by atoms with E-state index in [1.165, 1.54) is 0 Å². The molecule has 150 valence electrons. The van der Waals surface area contributed by atoms with Crippen molar-refractivity contribution < 1.29 is 17.9 Å². The van der Waals surface area contributed by atoms with Crippen molar-refractivity contribution in [1.82, 2.24) is 9.21 Å². The van der Waals surface area contributed by atoms with Gasteiger partial charge >= 0.3 is 0 Å². The number of benzene rings is 1. The quantitative estimate of drug-likeness (QED) is 0.824. The number of nitrogens with one attached hydrogen (secondary N) is 1. The second kappa shape index (κ2) is 8.68. The van der Waals surface area contributed by atoms with E-state index in [0.717, 1.165) is 32.4 Å². The van der Waals surface area contributed by atoms with E-state index in [1.807, 2.05) is 13.8 Å². The van der Waals surface area contributed by atoms with E-state index in [0.29, 0.717) is 25.3 Å². The summed E-state index contributed by atoms with van der Waals surface area (Å²) in [6.07, 6.45) is 3.12. The first kappa shape index (κ1) is 20.3. The molecule has 0 saturated carbocycles. The number of nitrogens with zero attached hydrogens (tertiary/aromatic N) is 2. The van der Waals surface area contributed by atoms with Crippen LogP contribution in [0.3, 0.4) is 0 Å². The van der Waals surface area contributed by atoms with Gasteiger partial charge in [-0.25, -0.2) is 8.42 Å². The average Bonchev–Trinajstić information content (AvgIpc) is 2.62. The highest BCUT2D eigenvalue weighted by Crippen LogP contribution is 2.22. The first-order valence-electron chi connectivity index (χ1n) is 9.62. The molecule has 0 bridgehead atoms. The fourth-order valence-corrected chi connectivity index (χ4v) is 5.30. The molecule has 3 rings (SSSR count). The number of morpholine rings is 1. The highest BCUT2D eigenvalue weighted by atomic mass is 32.2. The Hall–Kier alpha value is -1.48. The summed E-state index contributed by atoms with van der Waals surface area (Å²) in [4.78, 5) is 14.7. The van der Waals surface area contributed by atoms with Crippen LogP contribution in [-0.4, -0.2) is 68.5 Å². The second-order valence-corrected chi connectivity index (χ2v) is 9.43. The Kier molecular flexibility index (Phi) is 6.52. The fourth-order valence-electron chi connectivity index (χ4n) is 3.78. The lowest BCUT2D eigenvalue weighted by atomic mass is 10.2. The number of carbonyl (C=O) groups excluding carboxylic acids is 1. The first-order chi connectivity index (χ1) is 12.8. The Morgan fingerprint density at radius 3 is 2.26 bits per heavy atom. The fraction of sp³-hybridized carbons (Fsp3) is 0.632. The molecule has 1 aromatic carbocycles. The van der Waals surface area contributed by atoms with E-state index in [-0.39, 0.29) is 23.0 Å². The van der Waals surface area contributed by atoms with Gasteiger partial charge in [-0.2, -0.15) is 4.31 Å². The Morgan fingerprint density at radius 2 is 1.67 bits per heavy atom. The maximum absolute atomic E-state index is 12.7. The van der Waals surface area contributed by atoms with Gasteiger partial charge in [0.25, 0.3) is 0 Å². The van der Waals surface area contributed by atoms with E-state index in [4.69, 9.17) is 4.74 Å². The van der Waals surface area contributed by atoms with Crippen LogP contribution in [0.2, 0.25) is 0 Å². The van der Waals surface area contributed by atoms with Gasteiger partial charge in [0, 0.05) is 31.9 Å². The van der Waals surface area contributed by atoms with Gasteiger partial charge in [0.1, 0.15) is 0 Å². The minimum Gasteiger partial charge on any atom is -0.373 e. The van der Waals surface area contributed by atoms with Gasteiger partial charge in [-0.15, -0.1) is 0 Å². The van der Waals surface area contributed by atoms with Crippen LogP contribution in [0.1, 0.15) is 33.1 Å². The molecule has 1 aromatic rings. The average molecular weight is 396 g/mol. The van der Waals surface area contributed by atoms with Crippen molar-refractivity contribution in [2.75, 3.05) is 38.0 Å². The van der Waals surface area contributed by atoms with Crippen molar-refractivity contribution in [1.29, 1.82) is 0 Å². The van der Waals surface area contributed by atoms with Crippen molar-refractivity contribution >= 4 is 21.6 Å². The summed E-state index contributed by atoms with van der Waals surface area (Å²) in [6.45, 7) is 6.92. The molecule has 2 atom stereocenters. The molecule has 2 aliphatic heterocycles. The van der Waals surface area contributed by atoms with E-state index >= 15 is 0 Å². The third-order valence-electron chi connectivity index (χ3n) is 4.95. The summed E-state index contributed by atoms with van der Waals surface area (Å²) < 4.78 is 32.6. The third-order valence-corrected chi connectivity index (χ3v) is 6.87. The summed E-state index contributed by atoms with van der Waals surface area (Å²) in [5, 5.41) is 2.85. The summed E-state index contributed by atoms with van der Waals surface area (Å²) >= 11 is 0. The molecule has 8 heteroatoms. The first-order valence-corrected chi connectivity index (χ1v) is 11.1. The number of ether oxygens (including phenoxy) is 1. The molecular weight excluding hydrogens is 366 g/mol. The molecule has 7 nitrogen and oxygen atoms in total. The molecule has 1 N–H and O–H groups in total. The summed E-state index contributed by atoms with van der Waals surface area (Å²) in [7, 11) is -3.44. The highest BCUT2D eigenvalue weighted by molar-refractivity contribution is 7.89. The normalized spacial score (nSPS) is 25.3. The minimum absolute atomic E-state index is 0.108. The SMILES string of the molecule is C[C@@H]1CN(CC(=O)Nc2ccc(S(=O)(=O)N3CCCCC3)cc2)C[C@H](C)O1. The monoisotopic (exact) mass is 395 g/mol. The van der Waals surface area contributed by atoms with Crippen LogP contribution < -0.4 is 5.32 Å². The van der Waals surface area contributed by atoms with Gasteiger partial charge in [-0.1, -0.05) is 6.42 Å². The molecule has 0 unspecified atom stereocenters. The number of carbonyl (C=O) groups is 1. The smallest absolute Gasteiger partial charge is 0.243 e. The maximum atomic E-state index is 12.7. The largest absolute Gasteiger partial charge is 0.373 e. The van der Waals surface area contributed by atoms with Gasteiger partial charge in [0.15, 0.2) is 0 Å². The zero-order valence-electron chi connectivity index (χ0n) is 16.1. The summed E-state index contributed by atoms with van der Waals surface area (Å²) in [5.74, 6) is -0.108. The lowest BCUT2D eigenvalue weighted by Crippen LogP contribution is -2.48. The van der Waals surface area contributed by atoms with Gasteiger partial charge in [0.2, 0.25) is 15.9 Å².